The highest BCUT2D eigenvalue weighted by molar-refractivity contribution is 5.47. The maximum Gasteiger partial charge on any atom is 0.0366 e. The number of para-hydroxylation sites is 1. The molecule has 0 aliphatic carbocycles. The van der Waals surface area contributed by atoms with E-state index >= 15 is 0 Å². The molecule has 2 aliphatic heterocycles. The third-order valence-corrected chi connectivity index (χ3v) is 3.89. The van der Waals surface area contributed by atoms with Crippen molar-refractivity contribution in [1.82, 2.24) is 5.32 Å². The van der Waals surface area contributed by atoms with E-state index in [0.717, 1.165) is 0 Å². The molecular formula is C13H18N2. The molecule has 3 rings (SSSR count). The van der Waals surface area contributed by atoms with Crippen molar-refractivity contribution in [2.75, 3.05) is 31.1 Å². The number of benzene rings is 1. The number of hydrogen-bond donors (Lipinski definition) is 1. The number of nitrogens with one attached hydrogen (secondary N) is 1. The fourth-order valence-electron chi connectivity index (χ4n) is 2.94. The topological polar surface area (TPSA) is 15.3 Å². The minimum atomic E-state index is 0.579. The van der Waals surface area contributed by atoms with Crippen molar-refractivity contribution in [2.24, 2.45) is 5.41 Å². The average Bonchev–Trinajstić information content (AvgIpc) is 2.91. The first-order valence-electron chi connectivity index (χ1n) is 5.89. The van der Waals surface area contributed by atoms with Crippen LogP contribution in [0.2, 0.25) is 0 Å². The van der Waals surface area contributed by atoms with Gasteiger partial charge < -0.3 is 10.2 Å². The minimum Gasteiger partial charge on any atom is -0.371 e. The lowest BCUT2D eigenvalue weighted by Crippen LogP contribution is -2.28. The van der Waals surface area contributed by atoms with Crippen molar-refractivity contribution in [3.8, 4) is 0 Å². The van der Waals surface area contributed by atoms with E-state index in [1.807, 2.05) is 0 Å². The molecule has 0 radical (unpaired) electrons. The summed E-state index contributed by atoms with van der Waals surface area (Å²) in [5.41, 5.74) is 1.97. The molecule has 2 fully saturated rings. The molecule has 0 bridgehead atoms. The van der Waals surface area contributed by atoms with Crippen LogP contribution in [0.5, 0.6) is 0 Å². The van der Waals surface area contributed by atoms with Crippen LogP contribution >= 0.6 is 0 Å². The molecule has 2 heteroatoms. The van der Waals surface area contributed by atoms with Crippen molar-refractivity contribution in [2.45, 2.75) is 12.8 Å². The van der Waals surface area contributed by atoms with Crippen LogP contribution in [-0.4, -0.2) is 26.2 Å². The van der Waals surface area contributed by atoms with E-state index in [1.165, 1.54) is 44.7 Å². The summed E-state index contributed by atoms with van der Waals surface area (Å²) in [6.07, 6.45) is 2.71. The van der Waals surface area contributed by atoms with Gasteiger partial charge in [-0.1, -0.05) is 18.2 Å². The Hall–Kier alpha value is -1.02. The largest absolute Gasteiger partial charge is 0.371 e. The summed E-state index contributed by atoms with van der Waals surface area (Å²) in [4.78, 5) is 2.53. The summed E-state index contributed by atoms with van der Waals surface area (Å²) in [5.74, 6) is 0. The van der Waals surface area contributed by atoms with Crippen LogP contribution < -0.4 is 10.2 Å². The lowest BCUT2D eigenvalue weighted by Gasteiger charge is -2.23. The highest BCUT2D eigenvalue weighted by atomic mass is 15.2. The van der Waals surface area contributed by atoms with E-state index in [-0.39, 0.29) is 0 Å². The van der Waals surface area contributed by atoms with Crippen molar-refractivity contribution in [1.29, 1.82) is 0 Å². The zero-order valence-electron chi connectivity index (χ0n) is 9.08. The van der Waals surface area contributed by atoms with E-state index in [0.29, 0.717) is 5.41 Å². The van der Waals surface area contributed by atoms with Crippen LogP contribution in [0.25, 0.3) is 0 Å². The normalized spacial score (nSPS) is 30.3. The van der Waals surface area contributed by atoms with Gasteiger partial charge in [-0.3, -0.25) is 0 Å². The molecular weight excluding hydrogens is 184 g/mol. The Morgan fingerprint density at radius 1 is 1.13 bits per heavy atom. The third-order valence-electron chi connectivity index (χ3n) is 3.89. The molecule has 1 spiro atoms. The maximum atomic E-state index is 3.50. The summed E-state index contributed by atoms with van der Waals surface area (Å²) in [6, 6.07) is 10.8. The Bertz CT molecular complexity index is 328. The Kier molecular flexibility index (Phi) is 2.17. The quantitative estimate of drug-likeness (QED) is 0.748. The van der Waals surface area contributed by atoms with Gasteiger partial charge in [0.1, 0.15) is 0 Å². The van der Waals surface area contributed by atoms with Gasteiger partial charge in [0.15, 0.2) is 0 Å². The third kappa shape index (κ3) is 1.63. The van der Waals surface area contributed by atoms with E-state index in [2.05, 4.69) is 40.5 Å². The van der Waals surface area contributed by atoms with Crippen LogP contribution in [-0.2, 0) is 0 Å². The van der Waals surface area contributed by atoms with Gasteiger partial charge >= 0.3 is 0 Å². The standard InChI is InChI=1S/C13H18N2/c1-2-4-12(5-3-1)15-9-7-13(11-15)6-8-14-10-13/h1-5,14H,6-11H2/t13-/m0/s1. The Morgan fingerprint density at radius 3 is 2.73 bits per heavy atom. The Balaban J connectivity index is 1.76. The first-order chi connectivity index (χ1) is 7.38. The molecule has 1 aromatic rings. The van der Waals surface area contributed by atoms with E-state index < -0.39 is 0 Å². The molecule has 1 N–H and O–H groups in total. The predicted octanol–water partition coefficient (Wildman–Crippen LogP) is 1.88. The minimum absolute atomic E-state index is 0.579. The van der Waals surface area contributed by atoms with E-state index in [9.17, 15) is 0 Å². The number of rotatable bonds is 1. The zero-order valence-corrected chi connectivity index (χ0v) is 9.08. The van der Waals surface area contributed by atoms with Crippen LogP contribution in [0.1, 0.15) is 12.8 Å². The molecule has 15 heavy (non-hydrogen) atoms. The molecule has 1 atom stereocenters. The number of hydrogen-bond acceptors (Lipinski definition) is 2. The fourth-order valence-corrected chi connectivity index (χ4v) is 2.94. The second-order valence-electron chi connectivity index (χ2n) is 4.93. The Labute approximate surface area is 91.3 Å². The molecule has 0 unspecified atom stereocenters. The van der Waals surface area contributed by atoms with E-state index in [4.69, 9.17) is 0 Å². The van der Waals surface area contributed by atoms with Gasteiger partial charge in [0.2, 0.25) is 0 Å². The van der Waals surface area contributed by atoms with Crippen LogP contribution in [0.3, 0.4) is 0 Å². The van der Waals surface area contributed by atoms with Crippen LogP contribution in [0.4, 0.5) is 5.69 Å². The van der Waals surface area contributed by atoms with Gasteiger partial charge in [0.25, 0.3) is 0 Å². The summed E-state index contributed by atoms with van der Waals surface area (Å²) in [7, 11) is 0. The molecule has 1 aromatic carbocycles. The SMILES string of the molecule is c1ccc(N2CC[C@]3(CCNC3)C2)cc1. The molecule has 0 aromatic heterocycles. The van der Waals surface area contributed by atoms with E-state index in [1.54, 1.807) is 0 Å². The summed E-state index contributed by atoms with van der Waals surface area (Å²) in [6.45, 7) is 4.90. The zero-order chi connectivity index (χ0) is 10.1. The molecule has 2 saturated heterocycles. The van der Waals surface area contributed by atoms with Gasteiger partial charge in [0.05, 0.1) is 0 Å². The van der Waals surface area contributed by atoms with Crippen LogP contribution in [0, 0.1) is 5.41 Å². The molecule has 2 heterocycles. The molecule has 0 amide bonds. The Morgan fingerprint density at radius 2 is 2.00 bits per heavy atom. The predicted molar refractivity (Wildman–Crippen MR) is 63.2 cm³/mol. The lowest BCUT2D eigenvalue weighted by molar-refractivity contribution is 0.369. The second kappa shape index (κ2) is 3.53. The monoisotopic (exact) mass is 202 g/mol. The average molecular weight is 202 g/mol. The fraction of sp³-hybridized carbons (Fsp3) is 0.538. The number of nitrogens with zero attached hydrogens (tertiary/aromatic N) is 1. The second-order valence-corrected chi connectivity index (χ2v) is 4.93. The first-order valence-corrected chi connectivity index (χ1v) is 5.89. The molecule has 2 aliphatic rings. The first kappa shape index (κ1) is 9.22. The highest BCUT2D eigenvalue weighted by Gasteiger charge is 2.40. The lowest BCUT2D eigenvalue weighted by atomic mass is 9.86. The molecule has 80 valence electrons. The van der Waals surface area contributed by atoms with Crippen molar-refractivity contribution in [3.05, 3.63) is 30.3 Å². The van der Waals surface area contributed by atoms with Crippen molar-refractivity contribution < 1.29 is 0 Å². The van der Waals surface area contributed by atoms with Gasteiger partial charge in [-0.25, -0.2) is 0 Å². The van der Waals surface area contributed by atoms with Crippen molar-refractivity contribution in [3.63, 3.8) is 0 Å². The van der Waals surface area contributed by atoms with Crippen molar-refractivity contribution >= 4 is 5.69 Å². The summed E-state index contributed by atoms with van der Waals surface area (Å²) in [5, 5.41) is 3.50. The van der Waals surface area contributed by atoms with Gasteiger partial charge in [-0.2, -0.15) is 0 Å². The number of anilines is 1. The highest BCUT2D eigenvalue weighted by Crippen LogP contribution is 2.37. The van der Waals surface area contributed by atoms with Crippen LogP contribution in [0.15, 0.2) is 30.3 Å². The molecule has 0 saturated carbocycles. The van der Waals surface area contributed by atoms with Gasteiger partial charge in [-0.05, 0) is 31.5 Å². The summed E-state index contributed by atoms with van der Waals surface area (Å²) < 4.78 is 0. The summed E-state index contributed by atoms with van der Waals surface area (Å²) >= 11 is 0. The molecule has 2 nitrogen and oxygen atoms in total. The maximum absolute atomic E-state index is 3.50. The van der Waals surface area contributed by atoms with Gasteiger partial charge in [0, 0.05) is 30.7 Å². The smallest absolute Gasteiger partial charge is 0.0366 e. The van der Waals surface area contributed by atoms with Gasteiger partial charge in [-0.15, -0.1) is 0 Å².